The molecule has 0 aliphatic carbocycles. The van der Waals surface area contributed by atoms with Gasteiger partial charge in [-0.3, -0.25) is 0 Å². The van der Waals surface area contributed by atoms with Gasteiger partial charge in [-0.15, -0.1) is 0 Å². The monoisotopic (exact) mass is 174 g/mol. The summed E-state index contributed by atoms with van der Waals surface area (Å²) in [6.45, 7) is 5.06. The molecule has 0 N–H and O–H groups in total. The van der Waals surface area contributed by atoms with Gasteiger partial charge < -0.3 is 14.2 Å². The molecule has 0 amide bonds. The van der Waals surface area contributed by atoms with E-state index in [1.54, 1.807) is 6.92 Å². The number of rotatable bonds is 5. The molecule has 0 aromatic carbocycles. The van der Waals surface area contributed by atoms with E-state index in [0.717, 1.165) is 6.08 Å². The lowest BCUT2D eigenvalue weighted by Crippen LogP contribution is -2.37. The van der Waals surface area contributed by atoms with E-state index in [0.29, 0.717) is 0 Å². The van der Waals surface area contributed by atoms with Crippen LogP contribution in [-0.2, 0) is 19.0 Å². The number of carbonyl (C=O) groups is 1. The number of hydrogen-bond acceptors (Lipinski definition) is 4. The Balaban J connectivity index is 4.12. The SMILES string of the molecule is C=CC(=O)OC(C)(COC)OC. The van der Waals surface area contributed by atoms with E-state index in [2.05, 4.69) is 6.58 Å². The highest BCUT2D eigenvalue weighted by atomic mass is 16.7. The number of esters is 1. The standard InChI is InChI=1S/C8H14O4/c1-5-7(9)12-8(2,11-4)6-10-3/h5H,1,6H2,2-4H3. The van der Waals surface area contributed by atoms with Gasteiger partial charge in [-0.25, -0.2) is 4.79 Å². The predicted octanol–water partition coefficient (Wildman–Crippen LogP) is 0.725. The minimum Gasteiger partial charge on any atom is -0.428 e. The van der Waals surface area contributed by atoms with Crippen molar-refractivity contribution in [2.45, 2.75) is 12.7 Å². The Morgan fingerprint density at radius 3 is 2.50 bits per heavy atom. The van der Waals surface area contributed by atoms with E-state index in [1.165, 1.54) is 14.2 Å². The fourth-order valence-electron chi connectivity index (χ4n) is 0.647. The maximum atomic E-state index is 10.8. The van der Waals surface area contributed by atoms with Crippen LogP contribution < -0.4 is 0 Å². The van der Waals surface area contributed by atoms with Gasteiger partial charge in [-0.2, -0.15) is 0 Å². The van der Waals surface area contributed by atoms with Crippen LogP contribution in [0.3, 0.4) is 0 Å². The first kappa shape index (κ1) is 11.1. The Morgan fingerprint density at radius 2 is 2.17 bits per heavy atom. The van der Waals surface area contributed by atoms with Crippen molar-refractivity contribution in [3.8, 4) is 0 Å². The molecule has 0 saturated heterocycles. The van der Waals surface area contributed by atoms with Crippen molar-refractivity contribution in [2.75, 3.05) is 20.8 Å². The van der Waals surface area contributed by atoms with Crippen LogP contribution in [0.1, 0.15) is 6.92 Å². The summed E-state index contributed by atoms with van der Waals surface area (Å²) in [5, 5.41) is 0. The minimum atomic E-state index is -1.03. The van der Waals surface area contributed by atoms with Crippen LogP contribution in [0.4, 0.5) is 0 Å². The zero-order valence-corrected chi connectivity index (χ0v) is 7.62. The van der Waals surface area contributed by atoms with Crippen LogP contribution in [0, 0.1) is 0 Å². The van der Waals surface area contributed by atoms with Crippen LogP contribution in [-0.4, -0.2) is 32.6 Å². The molecule has 0 spiro atoms. The first-order valence-electron chi connectivity index (χ1n) is 3.47. The molecule has 0 aliphatic heterocycles. The van der Waals surface area contributed by atoms with Crippen molar-refractivity contribution < 1.29 is 19.0 Å². The molecule has 0 heterocycles. The number of methoxy groups -OCH3 is 2. The summed E-state index contributed by atoms with van der Waals surface area (Å²) in [5.74, 6) is -1.56. The minimum absolute atomic E-state index is 0.184. The lowest BCUT2D eigenvalue weighted by molar-refractivity contribution is -0.225. The maximum absolute atomic E-state index is 10.8. The van der Waals surface area contributed by atoms with Crippen molar-refractivity contribution in [3.63, 3.8) is 0 Å². The van der Waals surface area contributed by atoms with Crippen molar-refractivity contribution in [2.24, 2.45) is 0 Å². The molecular formula is C8H14O4. The summed E-state index contributed by atoms with van der Waals surface area (Å²) in [5.41, 5.74) is 0. The summed E-state index contributed by atoms with van der Waals surface area (Å²) in [4.78, 5) is 10.8. The second-order valence-corrected chi connectivity index (χ2v) is 2.40. The zero-order valence-electron chi connectivity index (χ0n) is 7.62. The van der Waals surface area contributed by atoms with Crippen molar-refractivity contribution >= 4 is 5.97 Å². The van der Waals surface area contributed by atoms with Crippen LogP contribution in [0.15, 0.2) is 12.7 Å². The molecule has 1 unspecified atom stereocenters. The van der Waals surface area contributed by atoms with E-state index in [9.17, 15) is 4.79 Å². The van der Waals surface area contributed by atoms with Crippen molar-refractivity contribution in [1.82, 2.24) is 0 Å². The molecule has 0 bridgehead atoms. The summed E-state index contributed by atoms with van der Waals surface area (Å²) in [7, 11) is 2.94. The molecule has 0 aromatic heterocycles. The predicted molar refractivity (Wildman–Crippen MR) is 43.6 cm³/mol. The highest BCUT2D eigenvalue weighted by molar-refractivity contribution is 5.81. The van der Waals surface area contributed by atoms with Crippen molar-refractivity contribution in [1.29, 1.82) is 0 Å². The third-order valence-electron chi connectivity index (χ3n) is 1.32. The normalized spacial score (nSPS) is 14.9. The Labute approximate surface area is 72.1 Å². The molecule has 0 rings (SSSR count). The summed E-state index contributed by atoms with van der Waals surface area (Å²) in [6.07, 6.45) is 1.08. The van der Waals surface area contributed by atoms with Gasteiger partial charge in [-0.1, -0.05) is 6.58 Å². The third kappa shape index (κ3) is 3.50. The largest absolute Gasteiger partial charge is 0.428 e. The molecule has 0 aromatic rings. The smallest absolute Gasteiger partial charge is 0.332 e. The Morgan fingerprint density at radius 1 is 1.58 bits per heavy atom. The quantitative estimate of drug-likeness (QED) is 0.350. The second kappa shape index (κ2) is 4.90. The van der Waals surface area contributed by atoms with Gasteiger partial charge in [0, 0.05) is 27.2 Å². The Bertz CT molecular complexity index is 166. The average molecular weight is 174 g/mol. The average Bonchev–Trinajstić information content (AvgIpc) is 2.05. The van der Waals surface area contributed by atoms with E-state index >= 15 is 0 Å². The molecule has 4 nitrogen and oxygen atoms in total. The lowest BCUT2D eigenvalue weighted by Gasteiger charge is -2.26. The highest BCUT2D eigenvalue weighted by Gasteiger charge is 2.27. The molecule has 1 atom stereocenters. The second-order valence-electron chi connectivity index (χ2n) is 2.40. The van der Waals surface area contributed by atoms with Gasteiger partial charge in [0.2, 0.25) is 5.79 Å². The number of ether oxygens (including phenoxy) is 3. The molecular weight excluding hydrogens is 160 g/mol. The lowest BCUT2D eigenvalue weighted by atomic mass is 10.3. The zero-order chi connectivity index (χ0) is 9.61. The summed E-state index contributed by atoms with van der Waals surface area (Å²) < 4.78 is 14.6. The third-order valence-corrected chi connectivity index (χ3v) is 1.32. The fraction of sp³-hybridized carbons (Fsp3) is 0.625. The van der Waals surface area contributed by atoms with Gasteiger partial charge in [0.1, 0.15) is 6.61 Å². The Kier molecular flexibility index (Phi) is 4.54. The molecule has 0 fully saturated rings. The van der Waals surface area contributed by atoms with Crippen molar-refractivity contribution in [3.05, 3.63) is 12.7 Å². The van der Waals surface area contributed by atoms with E-state index in [-0.39, 0.29) is 6.61 Å². The van der Waals surface area contributed by atoms with Gasteiger partial charge in [-0.05, 0) is 0 Å². The molecule has 0 radical (unpaired) electrons. The van der Waals surface area contributed by atoms with E-state index < -0.39 is 11.8 Å². The van der Waals surface area contributed by atoms with Gasteiger partial charge in [0.25, 0.3) is 0 Å². The first-order chi connectivity index (χ1) is 5.58. The molecule has 0 aliphatic rings. The molecule has 12 heavy (non-hydrogen) atoms. The molecule has 70 valence electrons. The van der Waals surface area contributed by atoms with Gasteiger partial charge in [0.15, 0.2) is 0 Å². The maximum Gasteiger partial charge on any atom is 0.332 e. The first-order valence-corrected chi connectivity index (χ1v) is 3.47. The van der Waals surface area contributed by atoms with Crippen LogP contribution in [0.25, 0.3) is 0 Å². The summed E-state index contributed by atoms with van der Waals surface area (Å²) >= 11 is 0. The van der Waals surface area contributed by atoms with Gasteiger partial charge in [0.05, 0.1) is 0 Å². The fourth-order valence-corrected chi connectivity index (χ4v) is 0.647. The van der Waals surface area contributed by atoms with Crippen LogP contribution >= 0.6 is 0 Å². The highest BCUT2D eigenvalue weighted by Crippen LogP contribution is 2.11. The van der Waals surface area contributed by atoms with E-state index in [1.807, 2.05) is 0 Å². The number of hydrogen-bond donors (Lipinski definition) is 0. The van der Waals surface area contributed by atoms with Gasteiger partial charge >= 0.3 is 5.97 Å². The van der Waals surface area contributed by atoms with Crippen LogP contribution in [0.5, 0.6) is 0 Å². The summed E-state index contributed by atoms with van der Waals surface area (Å²) in [6, 6.07) is 0. The number of carbonyl (C=O) groups excluding carboxylic acids is 1. The van der Waals surface area contributed by atoms with E-state index in [4.69, 9.17) is 14.2 Å². The molecule has 4 heteroatoms. The topological polar surface area (TPSA) is 44.8 Å². The molecule has 0 saturated carbocycles. The Hall–Kier alpha value is -0.870. The van der Waals surface area contributed by atoms with Crippen LogP contribution in [0.2, 0.25) is 0 Å².